The lowest BCUT2D eigenvalue weighted by molar-refractivity contribution is -0.138. The van der Waals surface area contributed by atoms with Gasteiger partial charge in [-0.15, -0.1) is 0 Å². The molecule has 0 saturated heterocycles. The Morgan fingerprint density at radius 3 is 2.16 bits per heavy atom. The van der Waals surface area contributed by atoms with Crippen LogP contribution in [0.1, 0.15) is 74.3 Å². The molecule has 0 spiro atoms. The van der Waals surface area contributed by atoms with Crippen LogP contribution in [0.15, 0.2) is 113 Å². The molecule has 0 saturated carbocycles. The number of carbonyl (C=O) groups is 2. The van der Waals surface area contributed by atoms with E-state index >= 15 is 0 Å². The number of aliphatic carboxylic acids is 1. The van der Waals surface area contributed by atoms with Gasteiger partial charge in [-0.25, -0.2) is 4.79 Å². The van der Waals surface area contributed by atoms with Crippen molar-refractivity contribution in [2.45, 2.75) is 83.3 Å². The van der Waals surface area contributed by atoms with Crippen LogP contribution in [0.2, 0.25) is 0 Å². The molecular weight excluding hydrogens is 558 g/mol. The average Bonchev–Trinajstić information content (AvgIpc) is 3.40. The first-order valence-corrected chi connectivity index (χ1v) is 15.9. The molecule has 0 bridgehead atoms. The predicted octanol–water partition coefficient (Wildman–Crippen LogP) is 9.23. The number of nitrogens with zero attached hydrogens (tertiary/aromatic N) is 3. The van der Waals surface area contributed by atoms with Crippen LogP contribution < -0.4 is 0 Å². The van der Waals surface area contributed by atoms with Gasteiger partial charge in [-0.05, 0) is 83.4 Å². The van der Waals surface area contributed by atoms with Crippen molar-refractivity contribution in [2.24, 2.45) is 10.2 Å². The Morgan fingerprint density at radius 2 is 1.49 bits per heavy atom. The topological polar surface area (TPSA) is 82.3 Å². The fourth-order valence-corrected chi connectivity index (χ4v) is 6.10. The lowest BCUT2D eigenvalue weighted by Crippen LogP contribution is -2.41. The normalized spacial score (nSPS) is 16.1. The standard InChI is InChI=1S/C39H43N3O3/c1-27(24-30-18-22-34(23-19-30)39(2,3)4)42-36(40-41-38(42)45)15-8-12-28-16-20-31(21-17-28)32-13-9-14-33(26-32)35(37(43)44)25-29-10-6-5-7-11-29/h5-7,9-11,13-14,16-23,26-27,35-36H,8,12,15,24-25H2,1-4H3,(H,43,44). The Bertz CT molecular complexity index is 1620. The van der Waals surface area contributed by atoms with Crippen molar-refractivity contribution in [3.8, 4) is 11.1 Å². The van der Waals surface area contributed by atoms with Gasteiger partial charge in [0.15, 0.2) is 0 Å². The van der Waals surface area contributed by atoms with E-state index in [0.29, 0.717) is 6.42 Å². The summed E-state index contributed by atoms with van der Waals surface area (Å²) >= 11 is 0. The molecule has 0 aromatic heterocycles. The van der Waals surface area contributed by atoms with Crippen LogP contribution >= 0.6 is 0 Å². The van der Waals surface area contributed by atoms with Crippen LogP contribution in [-0.4, -0.2) is 34.2 Å². The molecule has 3 atom stereocenters. The minimum Gasteiger partial charge on any atom is -0.481 e. The summed E-state index contributed by atoms with van der Waals surface area (Å²) in [5.74, 6) is -1.43. The highest BCUT2D eigenvalue weighted by Gasteiger charge is 2.33. The smallest absolute Gasteiger partial charge is 0.363 e. The maximum absolute atomic E-state index is 12.6. The van der Waals surface area contributed by atoms with Crippen LogP contribution in [0.25, 0.3) is 11.1 Å². The molecule has 6 nitrogen and oxygen atoms in total. The molecule has 3 unspecified atom stereocenters. The zero-order chi connectivity index (χ0) is 32.0. The highest BCUT2D eigenvalue weighted by molar-refractivity contribution is 5.78. The van der Waals surface area contributed by atoms with Gasteiger partial charge in [0.2, 0.25) is 0 Å². The Kier molecular flexibility index (Phi) is 9.92. The third-order valence-corrected chi connectivity index (χ3v) is 8.73. The van der Waals surface area contributed by atoms with E-state index in [1.807, 2.05) is 59.5 Å². The zero-order valence-corrected chi connectivity index (χ0v) is 26.7. The molecule has 1 heterocycles. The summed E-state index contributed by atoms with van der Waals surface area (Å²) in [6.45, 7) is 8.70. The number of aryl methyl sites for hydroxylation is 1. The number of carboxylic acids is 1. The maximum Gasteiger partial charge on any atom is 0.363 e. The number of rotatable bonds is 12. The van der Waals surface area contributed by atoms with Crippen LogP contribution in [0.3, 0.4) is 0 Å². The largest absolute Gasteiger partial charge is 0.481 e. The number of carboxylic acid groups (broad SMARTS) is 1. The van der Waals surface area contributed by atoms with E-state index in [9.17, 15) is 14.7 Å². The minimum atomic E-state index is -0.822. The number of azo groups is 1. The molecule has 1 N–H and O–H groups in total. The Balaban J connectivity index is 1.17. The molecule has 6 heteroatoms. The van der Waals surface area contributed by atoms with Crippen LogP contribution in [0.5, 0.6) is 0 Å². The molecule has 45 heavy (non-hydrogen) atoms. The third kappa shape index (κ3) is 8.13. The van der Waals surface area contributed by atoms with Crippen molar-refractivity contribution in [3.05, 3.63) is 131 Å². The van der Waals surface area contributed by atoms with E-state index < -0.39 is 11.9 Å². The quantitative estimate of drug-likeness (QED) is 0.176. The summed E-state index contributed by atoms with van der Waals surface area (Å²) in [5, 5.41) is 18.2. The number of carbonyl (C=O) groups excluding carboxylic acids is 1. The van der Waals surface area contributed by atoms with Gasteiger partial charge in [-0.1, -0.05) is 129 Å². The van der Waals surface area contributed by atoms with Gasteiger partial charge < -0.3 is 5.11 Å². The fourth-order valence-electron chi connectivity index (χ4n) is 6.10. The van der Waals surface area contributed by atoms with E-state index in [2.05, 4.69) is 86.5 Å². The van der Waals surface area contributed by atoms with Crippen molar-refractivity contribution in [3.63, 3.8) is 0 Å². The summed E-state index contributed by atoms with van der Waals surface area (Å²) in [4.78, 5) is 26.6. The first-order chi connectivity index (χ1) is 21.6. The summed E-state index contributed by atoms with van der Waals surface area (Å²) < 4.78 is 0. The predicted molar refractivity (Wildman–Crippen MR) is 180 cm³/mol. The molecule has 232 valence electrons. The Morgan fingerprint density at radius 1 is 0.822 bits per heavy atom. The van der Waals surface area contributed by atoms with Crippen LogP contribution in [0.4, 0.5) is 4.79 Å². The van der Waals surface area contributed by atoms with Crippen molar-refractivity contribution in [1.29, 1.82) is 0 Å². The molecule has 4 aromatic carbocycles. The first kappa shape index (κ1) is 31.8. The molecule has 0 radical (unpaired) electrons. The molecule has 4 aromatic rings. The molecule has 5 rings (SSSR count). The second-order valence-corrected chi connectivity index (χ2v) is 13.2. The monoisotopic (exact) mass is 601 g/mol. The van der Waals surface area contributed by atoms with Crippen molar-refractivity contribution >= 4 is 12.0 Å². The van der Waals surface area contributed by atoms with Gasteiger partial charge in [-0.3, -0.25) is 9.69 Å². The van der Waals surface area contributed by atoms with E-state index in [4.69, 9.17) is 0 Å². The molecule has 1 aliphatic heterocycles. The number of urea groups is 1. The highest BCUT2D eigenvalue weighted by atomic mass is 16.4. The lowest BCUT2D eigenvalue weighted by atomic mass is 9.86. The Labute approximate surface area is 266 Å². The summed E-state index contributed by atoms with van der Waals surface area (Å²) in [5.41, 5.74) is 7.68. The summed E-state index contributed by atoms with van der Waals surface area (Å²) in [7, 11) is 0. The van der Waals surface area contributed by atoms with Gasteiger partial charge in [-0.2, -0.15) is 5.11 Å². The summed E-state index contributed by atoms with van der Waals surface area (Å²) in [6.07, 6.45) is 3.49. The van der Waals surface area contributed by atoms with E-state index in [1.165, 1.54) is 16.7 Å². The van der Waals surface area contributed by atoms with Gasteiger partial charge >= 0.3 is 12.0 Å². The molecule has 1 aliphatic rings. The number of hydrogen-bond donors (Lipinski definition) is 1. The highest BCUT2D eigenvalue weighted by Crippen LogP contribution is 2.29. The zero-order valence-electron chi connectivity index (χ0n) is 26.7. The second-order valence-electron chi connectivity index (χ2n) is 13.2. The van der Waals surface area contributed by atoms with Crippen LogP contribution in [-0.2, 0) is 29.5 Å². The SMILES string of the molecule is CC(Cc1ccc(C(C)(C)C)cc1)N1C(=O)N=NC1CCCc1ccc(-c2cccc(C(Cc3ccccc3)C(=O)O)c2)cc1. The number of benzene rings is 4. The lowest BCUT2D eigenvalue weighted by Gasteiger charge is -2.28. The number of amides is 2. The van der Waals surface area contributed by atoms with Gasteiger partial charge in [0.1, 0.15) is 6.17 Å². The molecule has 0 aliphatic carbocycles. The Hall–Kier alpha value is -4.58. The van der Waals surface area contributed by atoms with E-state index in [0.717, 1.165) is 47.9 Å². The fraction of sp³-hybridized carbons (Fsp3) is 0.333. The second kappa shape index (κ2) is 14.0. The number of hydrogen-bond acceptors (Lipinski definition) is 3. The van der Waals surface area contributed by atoms with Gasteiger partial charge in [0.25, 0.3) is 0 Å². The van der Waals surface area contributed by atoms with Gasteiger partial charge in [0, 0.05) is 6.04 Å². The third-order valence-electron chi connectivity index (χ3n) is 8.73. The first-order valence-electron chi connectivity index (χ1n) is 15.9. The molecular formula is C39H43N3O3. The van der Waals surface area contributed by atoms with Crippen LogP contribution in [0, 0.1) is 0 Å². The average molecular weight is 602 g/mol. The molecule has 2 amide bonds. The summed E-state index contributed by atoms with van der Waals surface area (Å²) in [6, 6.07) is 34.5. The minimum absolute atomic E-state index is 0.00134. The van der Waals surface area contributed by atoms with Crippen molar-refractivity contribution in [1.82, 2.24) is 4.90 Å². The van der Waals surface area contributed by atoms with Gasteiger partial charge in [0.05, 0.1) is 5.92 Å². The molecule has 0 fully saturated rings. The van der Waals surface area contributed by atoms with Crippen molar-refractivity contribution < 1.29 is 14.7 Å². The van der Waals surface area contributed by atoms with Crippen molar-refractivity contribution in [2.75, 3.05) is 0 Å². The van der Waals surface area contributed by atoms with E-state index in [1.54, 1.807) is 0 Å². The maximum atomic E-state index is 12.6. The van der Waals surface area contributed by atoms with E-state index in [-0.39, 0.29) is 23.7 Å².